The Labute approximate surface area is 123 Å². The second-order valence-corrected chi connectivity index (χ2v) is 5.30. The van der Waals surface area contributed by atoms with E-state index in [-0.39, 0.29) is 0 Å². The Kier molecular flexibility index (Phi) is 4.14. The molecule has 104 valence electrons. The van der Waals surface area contributed by atoms with Crippen LogP contribution in [0.3, 0.4) is 0 Å². The zero-order valence-corrected chi connectivity index (χ0v) is 11.8. The molecule has 5 heteroatoms. The van der Waals surface area contributed by atoms with Crippen molar-refractivity contribution < 1.29 is 4.74 Å². The number of hydrogen-bond donors (Lipinski definition) is 1. The van der Waals surface area contributed by atoms with Crippen molar-refractivity contribution >= 4 is 11.6 Å². The summed E-state index contributed by atoms with van der Waals surface area (Å²) in [5, 5.41) is 4.19. The van der Waals surface area contributed by atoms with Gasteiger partial charge in [-0.1, -0.05) is 11.6 Å². The quantitative estimate of drug-likeness (QED) is 0.888. The number of rotatable bonds is 6. The van der Waals surface area contributed by atoms with E-state index in [2.05, 4.69) is 15.3 Å². The lowest BCUT2D eigenvalue weighted by Gasteiger charge is -2.12. The van der Waals surface area contributed by atoms with Crippen molar-refractivity contribution in [3.05, 3.63) is 53.1 Å². The normalized spacial score (nSPS) is 14.2. The number of hydrogen-bond acceptors (Lipinski definition) is 4. The second kappa shape index (κ2) is 6.20. The zero-order chi connectivity index (χ0) is 13.8. The first-order valence-corrected chi connectivity index (χ1v) is 7.09. The van der Waals surface area contributed by atoms with Crippen LogP contribution in [0.1, 0.15) is 24.2 Å². The molecule has 3 rings (SSSR count). The highest BCUT2D eigenvalue weighted by molar-refractivity contribution is 6.30. The van der Waals surface area contributed by atoms with Crippen LogP contribution in [0.25, 0.3) is 0 Å². The summed E-state index contributed by atoms with van der Waals surface area (Å²) < 4.78 is 5.81. The predicted molar refractivity (Wildman–Crippen MR) is 77.7 cm³/mol. The zero-order valence-electron chi connectivity index (χ0n) is 11.1. The molecule has 0 aliphatic heterocycles. The van der Waals surface area contributed by atoms with Gasteiger partial charge < -0.3 is 10.1 Å². The standard InChI is InChI=1S/C15H16ClN3O/c16-12-2-5-14(11(8-12)9-19-13-3-4-13)20-10-15-17-6-1-7-18-15/h1-2,5-8,13,19H,3-4,9-10H2. The van der Waals surface area contributed by atoms with Gasteiger partial charge in [-0.3, -0.25) is 0 Å². The number of benzene rings is 1. The van der Waals surface area contributed by atoms with E-state index in [0.29, 0.717) is 18.5 Å². The Balaban J connectivity index is 1.67. The summed E-state index contributed by atoms with van der Waals surface area (Å²) in [4.78, 5) is 8.29. The van der Waals surface area contributed by atoms with Crippen LogP contribution in [0.15, 0.2) is 36.7 Å². The highest BCUT2D eigenvalue weighted by Crippen LogP contribution is 2.25. The first-order valence-electron chi connectivity index (χ1n) is 6.72. The third-order valence-corrected chi connectivity index (χ3v) is 3.39. The van der Waals surface area contributed by atoms with Crippen molar-refractivity contribution in [3.8, 4) is 5.75 Å². The Bertz CT molecular complexity index is 573. The fourth-order valence-corrected chi connectivity index (χ4v) is 2.11. The first kappa shape index (κ1) is 13.3. The molecule has 4 nitrogen and oxygen atoms in total. The second-order valence-electron chi connectivity index (χ2n) is 4.86. The Morgan fingerprint density at radius 1 is 1.25 bits per heavy atom. The highest BCUT2D eigenvalue weighted by Gasteiger charge is 2.20. The van der Waals surface area contributed by atoms with Crippen molar-refractivity contribution in [1.82, 2.24) is 15.3 Å². The van der Waals surface area contributed by atoms with Gasteiger partial charge in [0.05, 0.1) is 0 Å². The van der Waals surface area contributed by atoms with Gasteiger partial charge in [0.2, 0.25) is 0 Å². The van der Waals surface area contributed by atoms with Gasteiger partial charge in [0, 0.05) is 35.6 Å². The molecule has 0 atom stereocenters. The van der Waals surface area contributed by atoms with E-state index in [1.807, 2.05) is 18.2 Å². The molecule has 0 radical (unpaired) electrons. The van der Waals surface area contributed by atoms with E-state index in [9.17, 15) is 0 Å². The fraction of sp³-hybridized carbons (Fsp3) is 0.333. The smallest absolute Gasteiger partial charge is 0.166 e. The number of nitrogens with zero attached hydrogens (tertiary/aromatic N) is 2. The number of ether oxygens (including phenoxy) is 1. The van der Waals surface area contributed by atoms with Crippen LogP contribution in [0.2, 0.25) is 5.02 Å². The van der Waals surface area contributed by atoms with Crippen molar-refractivity contribution in [2.24, 2.45) is 0 Å². The van der Waals surface area contributed by atoms with Gasteiger partial charge in [-0.2, -0.15) is 0 Å². The Morgan fingerprint density at radius 2 is 2.05 bits per heavy atom. The summed E-state index contributed by atoms with van der Waals surface area (Å²) in [5.74, 6) is 1.50. The van der Waals surface area contributed by atoms with Crippen LogP contribution >= 0.6 is 11.6 Å². The summed E-state index contributed by atoms with van der Waals surface area (Å²) in [7, 11) is 0. The Morgan fingerprint density at radius 3 is 2.80 bits per heavy atom. The van der Waals surface area contributed by atoms with Gasteiger partial charge in [-0.05, 0) is 37.1 Å². The van der Waals surface area contributed by atoms with Crippen LogP contribution < -0.4 is 10.1 Å². The summed E-state index contributed by atoms with van der Waals surface area (Å²) in [6.07, 6.45) is 5.94. The molecular weight excluding hydrogens is 274 g/mol. The maximum Gasteiger partial charge on any atom is 0.166 e. The van der Waals surface area contributed by atoms with E-state index in [1.165, 1.54) is 12.8 Å². The molecule has 0 spiro atoms. The monoisotopic (exact) mass is 289 g/mol. The minimum atomic E-state index is 0.360. The average Bonchev–Trinajstić information content (AvgIpc) is 3.29. The molecule has 1 aliphatic rings. The van der Waals surface area contributed by atoms with Gasteiger partial charge in [-0.15, -0.1) is 0 Å². The lowest BCUT2D eigenvalue weighted by atomic mass is 10.2. The highest BCUT2D eigenvalue weighted by atomic mass is 35.5. The summed E-state index contributed by atoms with van der Waals surface area (Å²) >= 11 is 6.06. The summed E-state index contributed by atoms with van der Waals surface area (Å²) in [6.45, 7) is 1.13. The molecule has 1 aromatic heterocycles. The number of aromatic nitrogens is 2. The summed E-state index contributed by atoms with van der Waals surface area (Å²) in [6, 6.07) is 8.12. The topological polar surface area (TPSA) is 47.0 Å². The molecule has 1 saturated carbocycles. The molecule has 0 saturated heterocycles. The van der Waals surface area contributed by atoms with Crippen LogP contribution in [-0.2, 0) is 13.2 Å². The molecular formula is C15H16ClN3O. The van der Waals surface area contributed by atoms with E-state index < -0.39 is 0 Å². The van der Waals surface area contributed by atoms with Crippen molar-refractivity contribution in [3.63, 3.8) is 0 Å². The number of halogens is 1. The van der Waals surface area contributed by atoms with Crippen LogP contribution in [0.4, 0.5) is 0 Å². The van der Waals surface area contributed by atoms with Crippen LogP contribution in [0, 0.1) is 0 Å². The minimum Gasteiger partial charge on any atom is -0.485 e. The molecule has 1 N–H and O–H groups in total. The van der Waals surface area contributed by atoms with Gasteiger partial charge in [0.15, 0.2) is 5.82 Å². The molecule has 1 aromatic carbocycles. The Hall–Kier alpha value is -1.65. The average molecular weight is 290 g/mol. The van der Waals surface area contributed by atoms with Crippen molar-refractivity contribution in [1.29, 1.82) is 0 Å². The maximum atomic E-state index is 6.06. The minimum absolute atomic E-state index is 0.360. The van der Waals surface area contributed by atoms with E-state index in [4.69, 9.17) is 16.3 Å². The third-order valence-electron chi connectivity index (χ3n) is 3.16. The molecule has 0 bridgehead atoms. The van der Waals surface area contributed by atoms with Gasteiger partial charge in [0.25, 0.3) is 0 Å². The predicted octanol–water partition coefficient (Wildman–Crippen LogP) is 2.96. The van der Waals surface area contributed by atoms with Crippen molar-refractivity contribution in [2.75, 3.05) is 0 Å². The lowest BCUT2D eigenvalue weighted by Crippen LogP contribution is -2.16. The van der Waals surface area contributed by atoms with Crippen LogP contribution in [0.5, 0.6) is 5.75 Å². The molecule has 2 aromatic rings. The summed E-state index contributed by atoms with van der Waals surface area (Å²) in [5.41, 5.74) is 1.07. The van der Waals surface area contributed by atoms with Crippen LogP contribution in [-0.4, -0.2) is 16.0 Å². The number of nitrogens with one attached hydrogen (secondary N) is 1. The first-order chi connectivity index (χ1) is 9.81. The maximum absolute atomic E-state index is 6.06. The third kappa shape index (κ3) is 3.68. The van der Waals surface area contributed by atoms with Gasteiger partial charge in [0.1, 0.15) is 12.4 Å². The molecule has 1 aliphatic carbocycles. The van der Waals surface area contributed by atoms with Gasteiger partial charge in [-0.25, -0.2) is 9.97 Å². The molecule has 1 fully saturated rings. The molecule has 1 heterocycles. The van der Waals surface area contributed by atoms with Crippen molar-refractivity contribution in [2.45, 2.75) is 32.0 Å². The van der Waals surface area contributed by atoms with E-state index >= 15 is 0 Å². The fourth-order valence-electron chi connectivity index (χ4n) is 1.92. The lowest BCUT2D eigenvalue weighted by molar-refractivity contribution is 0.292. The van der Waals surface area contributed by atoms with E-state index in [1.54, 1.807) is 18.5 Å². The molecule has 0 unspecified atom stereocenters. The molecule has 20 heavy (non-hydrogen) atoms. The molecule has 0 amide bonds. The van der Waals surface area contributed by atoms with Gasteiger partial charge >= 0.3 is 0 Å². The van der Waals surface area contributed by atoms with E-state index in [0.717, 1.165) is 22.9 Å². The SMILES string of the molecule is Clc1ccc(OCc2ncccn2)c(CNC2CC2)c1. The largest absolute Gasteiger partial charge is 0.485 e.